The van der Waals surface area contributed by atoms with E-state index in [1.54, 1.807) is 0 Å². The maximum Gasteiger partial charge on any atom is 0.232 e. The molecule has 4 heteroatoms. The van der Waals surface area contributed by atoms with Gasteiger partial charge in [-0.1, -0.05) is 13.8 Å². The van der Waals surface area contributed by atoms with E-state index in [0.29, 0.717) is 32.2 Å². The molecule has 1 amide bonds. The van der Waals surface area contributed by atoms with E-state index >= 15 is 0 Å². The van der Waals surface area contributed by atoms with E-state index in [9.17, 15) is 4.79 Å². The van der Waals surface area contributed by atoms with Gasteiger partial charge in [0.1, 0.15) is 5.41 Å². The Morgan fingerprint density at radius 2 is 2.23 bits per heavy atom. The molecule has 1 aliphatic rings. The molecule has 0 aromatic carbocycles. The molecule has 0 radical (unpaired) electrons. The standard InChI is InChI=1S/C9H18N2O2/c1-7(2)3-11-8(12)9(4-10)5-13-6-9/h7H,3-6,10H2,1-2H3,(H,11,12). The van der Waals surface area contributed by atoms with E-state index < -0.39 is 5.41 Å². The van der Waals surface area contributed by atoms with Crippen LogP contribution in [-0.4, -0.2) is 32.2 Å². The summed E-state index contributed by atoms with van der Waals surface area (Å²) in [4.78, 5) is 11.6. The number of hydrogen-bond acceptors (Lipinski definition) is 3. The average Bonchev–Trinajstić information content (AvgIpc) is 2.00. The quantitative estimate of drug-likeness (QED) is 0.635. The van der Waals surface area contributed by atoms with Crippen molar-refractivity contribution in [1.82, 2.24) is 5.32 Å². The molecule has 0 bridgehead atoms. The fourth-order valence-electron chi connectivity index (χ4n) is 1.17. The molecule has 0 atom stereocenters. The average molecular weight is 186 g/mol. The normalized spacial score (nSPS) is 19.7. The Labute approximate surface area is 78.8 Å². The third-order valence-electron chi connectivity index (χ3n) is 2.30. The predicted octanol–water partition coefficient (Wildman–Crippen LogP) is -0.266. The van der Waals surface area contributed by atoms with Gasteiger partial charge in [-0.3, -0.25) is 4.79 Å². The van der Waals surface area contributed by atoms with Gasteiger partial charge in [-0.2, -0.15) is 0 Å². The summed E-state index contributed by atoms with van der Waals surface area (Å²) in [7, 11) is 0. The highest BCUT2D eigenvalue weighted by Crippen LogP contribution is 2.25. The van der Waals surface area contributed by atoms with Crippen LogP contribution < -0.4 is 11.1 Å². The number of ether oxygens (including phenoxy) is 1. The van der Waals surface area contributed by atoms with Crippen molar-refractivity contribution in [3.8, 4) is 0 Å². The van der Waals surface area contributed by atoms with E-state index in [2.05, 4.69) is 19.2 Å². The molecule has 0 aliphatic carbocycles. The number of hydrogen-bond donors (Lipinski definition) is 2. The predicted molar refractivity (Wildman–Crippen MR) is 50.2 cm³/mol. The van der Waals surface area contributed by atoms with Crippen LogP contribution in [0, 0.1) is 11.3 Å². The molecule has 1 saturated heterocycles. The third-order valence-corrected chi connectivity index (χ3v) is 2.30. The van der Waals surface area contributed by atoms with Crippen LogP contribution in [0.5, 0.6) is 0 Å². The van der Waals surface area contributed by atoms with Crippen LogP contribution >= 0.6 is 0 Å². The number of carbonyl (C=O) groups is 1. The van der Waals surface area contributed by atoms with Crippen molar-refractivity contribution >= 4 is 5.91 Å². The Bertz CT molecular complexity index is 183. The monoisotopic (exact) mass is 186 g/mol. The highest BCUT2D eigenvalue weighted by Gasteiger charge is 2.44. The molecule has 0 aromatic rings. The van der Waals surface area contributed by atoms with Gasteiger partial charge in [0.2, 0.25) is 5.91 Å². The topological polar surface area (TPSA) is 64.4 Å². The maximum absolute atomic E-state index is 11.6. The van der Waals surface area contributed by atoms with Crippen molar-refractivity contribution in [3.05, 3.63) is 0 Å². The Kier molecular flexibility index (Phi) is 3.27. The summed E-state index contributed by atoms with van der Waals surface area (Å²) < 4.78 is 5.02. The van der Waals surface area contributed by atoms with Crippen LogP contribution in [0.1, 0.15) is 13.8 Å². The second-order valence-corrected chi connectivity index (χ2v) is 4.08. The minimum atomic E-state index is -0.436. The van der Waals surface area contributed by atoms with Gasteiger partial charge in [-0.15, -0.1) is 0 Å². The molecule has 1 heterocycles. The molecule has 0 spiro atoms. The molecule has 1 rings (SSSR count). The molecule has 1 aliphatic heterocycles. The highest BCUT2D eigenvalue weighted by atomic mass is 16.5. The summed E-state index contributed by atoms with van der Waals surface area (Å²) in [5.74, 6) is 0.509. The molecule has 4 nitrogen and oxygen atoms in total. The number of nitrogens with one attached hydrogen (secondary N) is 1. The van der Waals surface area contributed by atoms with E-state index in [1.165, 1.54) is 0 Å². The first kappa shape index (κ1) is 10.5. The Balaban J connectivity index is 2.37. The summed E-state index contributed by atoms with van der Waals surface area (Å²) in [5, 5.41) is 2.88. The summed E-state index contributed by atoms with van der Waals surface area (Å²) in [5.41, 5.74) is 5.10. The number of amides is 1. The number of carbonyl (C=O) groups excluding carboxylic acids is 1. The Hall–Kier alpha value is -0.610. The van der Waals surface area contributed by atoms with Gasteiger partial charge in [0.05, 0.1) is 13.2 Å². The van der Waals surface area contributed by atoms with Crippen molar-refractivity contribution < 1.29 is 9.53 Å². The zero-order valence-corrected chi connectivity index (χ0v) is 8.30. The van der Waals surface area contributed by atoms with Crippen molar-refractivity contribution in [2.75, 3.05) is 26.3 Å². The van der Waals surface area contributed by atoms with Crippen molar-refractivity contribution in [2.24, 2.45) is 17.1 Å². The van der Waals surface area contributed by atoms with Gasteiger partial charge in [0.15, 0.2) is 0 Å². The zero-order valence-electron chi connectivity index (χ0n) is 8.30. The van der Waals surface area contributed by atoms with Gasteiger partial charge in [-0.05, 0) is 5.92 Å². The van der Waals surface area contributed by atoms with E-state index in [-0.39, 0.29) is 5.91 Å². The minimum Gasteiger partial charge on any atom is -0.379 e. The molecule has 3 N–H and O–H groups in total. The maximum atomic E-state index is 11.6. The second kappa shape index (κ2) is 4.07. The lowest BCUT2D eigenvalue weighted by molar-refractivity contribution is -0.159. The lowest BCUT2D eigenvalue weighted by atomic mass is 9.85. The van der Waals surface area contributed by atoms with Crippen molar-refractivity contribution in [1.29, 1.82) is 0 Å². The zero-order chi connectivity index (χ0) is 9.90. The molecule has 76 valence electrons. The summed E-state index contributed by atoms with van der Waals surface area (Å²) >= 11 is 0. The Morgan fingerprint density at radius 1 is 1.62 bits per heavy atom. The molecular formula is C9H18N2O2. The molecule has 1 fully saturated rings. The summed E-state index contributed by atoms with van der Waals surface area (Å²) in [6, 6.07) is 0. The first-order chi connectivity index (χ1) is 6.10. The highest BCUT2D eigenvalue weighted by molar-refractivity contribution is 5.84. The van der Waals surface area contributed by atoms with Crippen LogP contribution in [0.2, 0.25) is 0 Å². The molecule has 0 aromatic heterocycles. The SMILES string of the molecule is CC(C)CNC(=O)C1(CN)COC1. The fraction of sp³-hybridized carbons (Fsp3) is 0.889. The summed E-state index contributed by atoms with van der Waals surface area (Å²) in [6.45, 7) is 6.14. The van der Waals surface area contributed by atoms with E-state index in [1.807, 2.05) is 0 Å². The van der Waals surface area contributed by atoms with Gasteiger partial charge in [-0.25, -0.2) is 0 Å². The van der Waals surface area contributed by atoms with E-state index in [4.69, 9.17) is 10.5 Å². The van der Waals surface area contributed by atoms with Crippen LogP contribution in [0.4, 0.5) is 0 Å². The van der Waals surface area contributed by atoms with Crippen LogP contribution in [0.25, 0.3) is 0 Å². The van der Waals surface area contributed by atoms with Gasteiger partial charge in [0, 0.05) is 13.1 Å². The smallest absolute Gasteiger partial charge is 0.232 e. The molecule has 13 heavy (non-hydrogen) atoms. The second-order valence-electron chi connectivity index (χ2n) is 4.08. The molecule has 0 saturated carbocycles. The first-order valence-corrected chi connectivity index (χ1v) is 4.67. The third kappa shape index (κ3) is 2.19. The van der Waals surface area contributed by atoms with E-state index in [0.717, 1.165) is 0 Å². The number of nitrogens with two attached hydrogens (primary N) is 1. The van der Waals surface area contributed by atoms with Gasteiger partial charge >= 0.3 is 0 Å². The number of rotatable bonds is 4. The minimum absolute atomic E-state index is 0.0370. The molecule has 0 unspecified atom stereocenters. The summed E-state index contributed by atoms with van der Waals surface area (Å²) in [6.07, 6.45) is 0. The van der Waals surface area contributed by atoms with Crippen molar-refractivity contribution in [3.63, 3.8) is 0 Å². The van der Waals surface area contributed by atoms with Crippen LogP contribution in [0.15, 0.2) is 0 Å². The van der Waals surface area contributed by atoms with Crippen LogP contribution in [-0.2, 0) is 9.53 Å². The lowest BCUT2D eigenvalue weighted by Crippen LogP contribution is -2.58. The largest absolute Gasteiger partial charge is 0.379 e. The Morgan fingerprint density at radius 3 is 2.54 bits per heavy atom. The lowest BCUT2D eigenvalue weighted by Gasteiger charge is -2.38. The molecular weight excluding hydrogens is 168 g/mol. The van der Waals surface area contributed by atoms with Gasteiger partial charge < -0.3 is 15.8 Å². The first-order valence-electron chi connectivity index (χ1n) is 4.67. The van der Waals surface area contributed by atoms with Crippen molar-refractivity contribution in [2.45, 2.75) is 13.8 Å². The van der Waals surface area contributed by atoms with Gasteiger partial charge in [0.25, 0.3) is 0 Å². The van der Waals surface area contributed by atoms with Crippen LogP contribution in [0.3, 0.4) is 0 Å². The fourth-order valence-corrected chi connectivity index (χ4v) is 1.17.